The lowest BCUT2D eigenvalue weighted by molar-refractivity contribution is -0.0253. The molecule has 1 unspecified atom stereocenters. The van der Waals surface area contributed by atoms with Crippen molar-refractivity contribution in [1.29, 1.82) is 0 Å². The molecule has 1 saturated heterocycles. The first kappa shape index (κ1) is 14.5. The topological polar surface area (TPSA) is 24.5 Å². The summed E-state index contributed by atoms with van der Waals surface area (Å²) in [6, 6.07) is 8.86. The molecule has 0 bridgehead atoms. The Balaban J connectivity index is 1.70. The van der Waals surface area contributed by atoms with Gasteiger partial charge in [-0.3, -0.25) is 4.90 Å². The maximum Gasteiger partial charge on any atom is 0.0826 e. The third-order valence-electron chi connectivity index (χ3n) is 3.80. The number of hydrogen-bond acceptors (Lipinski definition) is 3. The van der Waals surface area contributed by atoms with Crippen LogP contribution in [0.3, 0.4) is 0 Å². The number of nitrogens with zero attached hydrogens (tertiary/aromatic N) is 1. The monoisotopic (exact) mass is 262 g/mol. The van der Waals surface area contributed by atoms with Crippen molar-refractivity contribution in [3.63, 3.8) is 0 Å². The van der Waals surface area contributed by atoms with Gasteiger partial charge in [0.1, 0.15) is 0 Å². The Morgan fingerprint density at radius 1 is 1.21 bits per heavy atom. The summed E-state index contributed by atoms with van der Waals surface area (Å²) < 4.78 is 5.78. The number of morpholine rings is 1. The van der Waals surface area contributed by atoms with Gasteiger partial charge in [-0.25, -0.2) is 0 Å². The second kappa shape index (κ2) is 7.63. The highest BCUT2D eigenvalue weighted by Crippen LogP contribution is 2.06. The molecule has 0 aromatic heterocycles. The van der Waals surface area contributed by atoms with E-state index in [1.165, 1.54) is 11.1 Å². The number of likely N-dealkylation sites (N-methyl/N-ethyl adjacent to an activating group) is 1. The molecular formula is C16H26N2O. The van der Waals surface area contributed by atoms with E-state index >= 15 is 0 Å². The van der Waals surface area contributed by atoms with E-state index in [9.17, 15) is 0 Å². The lowest BCUT2D eigenvalue weighted by Gasteiger charge is -2.32. The minimum atomic E-state index is 0.337. The van der Waals surface area contributed by atoms with E-state index in [4.69, 9.17) is 4.74 Å². The van der Waals surface area contributed by atoms with Crippen LogP contribution in [0.2, 0.25) is 0 Å². The van der Waals surface area contributed by atoms with E-state index in [0.29, 0.717) is 6.10 Å². The zero-order valence-electron chi connectivity index (χ0n) is 12.2. The second-order valence-corrected chi connectivity index (χ2v) is 5.19. The van der Waals surface area contributed by atoms with Crippen LogP contribution >= 0.6 is 0 Å². The molecule has 1 fully saturated rings. The first-order valence-electron chi connectivity index (χ1n) is 7.44. The Morgan fingerprint density at radius 2 is 1.95 bits per heavy atom. The van der Waals surface area contributed by atoms with Crippen LogP contribution in [-0.4, -0.2) is 43.8 Å². The maximum absolute atomic E-state index is 5.78. The fourth-order valence-electron chi connectivity index (χ4n) is 2.46. The van der Waals surface area contributed by atoms with Crippen LogP contribution < -0.4 is 5.32 Å². The molecule has 106 valence electrons. The average molecular weight is 262 g/mol. The Kier molecular flexibility index (Phi) is 5.83. The van der Waals surface area contributed by atoms with E-state index < -0.39 is 0 Å². The van der Waals surface area contributed by atoms with E-state index in [1.807, 2.05) is 0 Å². The van der Waals surface area contributed by atoms with Gasteiger partial charge in [0.25, 0.3) is 0 Å². The fraction of sp³-hybridized carbons (Fsp3) is 0.625. The van der Waals surface area contributed by atoms with Crippen molar-refractivity contribution in [2.45, 2.75) is 32.9 Å². The average Bonchev–Trinajstić information content (AvgIpc) is 2.48. The van der Waals surface area contributed by atoms with Gasteiger partial charge in [0.2, 0.25) is 0 Å². The normalized spacial score (nSPS) is 20.6. The molecule has 1 aliphatic rings. The summed E-state index contributed by atoms with van der Waals surface area (Å²) >= 11 is 0. The molecule has 1 aromatic rings. The summed E-state index contributed by atoms with van der Waals surface area (Å²) in [5.74, 6) is 0. The summed E-state index contributed by atoms with van der Waals surface area (Å²) in [6.07, 6.45) is 1.44. The molecule has 19 heavy (non-hydrogen) atoms. The van der Waals surface area contributed by atoms with Gasteiger partial charge in [0.05, 0.1) is 12.7 Å². The lowest BCUT2D eigenvalue weighted by Crippen LogP contribution is -2.46. The predicted octanol–water partition coefficient (Wildman–Crippen LogP) is 2.06. The van der Waals surface area contributed by atoms with Crippen molar-refractivity contribution < 1.29 is 4.74 Å². The summed E-state index contributed by atoms with van der Waals surface area (Å²) in [7, 11) is 0. The van der Waals surface area contributed by atoms with Crippen molar-refractivity contribution >= 4 is 0 Å². The second-order valence-electron chi connectivity index (χ2n) is 5.19. The van der Waals surface area contributed by atoms with Gasteiger partial charge >= 0.3 is 0 Å². The Labute approximate surface area is 116 Å². The van der Waals surface area contributed by atoms with E-state index in [-0.39, 0.29) is 0 Å². The third kappa shape index (κ3) is 4.60. The molecule has 1 aromatic carbocycles. The molecule has 1 atom stereocenters. The van der Waals surface area contributed by atoms with Crippen LogP contribution in [0.15, 0.2) is 24.3 Å². The highest BCUT2D eigenvalue weighted by molar-refractivity contribution is 5.22. The smallest absolute Gasteiger partial charge is 0.0826 e. The van der Waals surface area contributed by atoms with E-state index in [2.05, 4.69) is 48.3 Å². The van der Waals surface area contributed by atoms with Crippen molar-refractivity contribution in [3.8, 4) is 0 Å². The summed E-state index contributed by atoms with van der Waals surface area (Å²) in [6.45, 7) is 10.4. The van der Waals surface area contributed by atoms with E-state index in [0.717, 1.165) is 45.8 Å². The summed E-state index contributed by atoms with van der Waals surface area (Å²) in [5, 5.41) is 3.50. The highest BCUT2D eigenvalue weighted by Gasteiger charge is 2.18. The minimum Gasteiger partial charge on any atom is -0.374 e. The van der Waals surface area contributed by atoms with Gasteiger partial charge in [0, 0.05) is 26.2 Å². The van der Waals surface area contributed by atoms with Gasteiger partial charge in [0.15, 0.2) is 0 Å². The van der Waals surface area contributed by atoms with Gasteiger partial charge in [-0.05, 0) is 24.1 Å². The standard InChI is InChI=1S/C16H26N2O/c1-3-14-5-7-15(8-6-14)11-17-12-16-13-18(4-2)9-10-19-16/h5-8,16-17H,3-4,9-13H2,1-2H3. The molecule has 0 amide bonds. The number of hydrogen-bond donors (Lipinski definition) is 1. The van der Waals surface area contributed by atoms with Crippen LogP contribution in [-0.2, 0) is 17.7 Å². The first-order valence-corrected chi connectivity index (χ1v) is 7.44. The first-order chi connectivity index (χ1) is 9.31. The molecule has 1 N–H and O–H groups in total. The summed E-state index contributed by atoms with van der Waals surface area (Å²) in [4.78, 5) is 2.45. The predicted molar refractivity (Wildman–Crippen MR) is 79.4 cm³/mol. The number of aryl methyl sites for hydroxylation is 1. The number of benzene rings is 1. The lowest BCUT2D eigenvalue weighted by atomic mass is 10.1. The zero-order chi connectivity index (χ0) is 13.5. The van der Waals surface area contributed by atoms with Crippen molar-refractivity contribution in [2.24, 2.45) is 0 Å². The number of rotatable bonds is 6. The maximum atomic E-state index is 5.78. The van der Waals surface area contributed by atoms with Gasteiger partial charge in [-0.15, -0.1) is 0 Å². The zero-order valence-corrected chi connectivity index (χ0v) is 12.2. The molecule has 0 radical (unpaired) electrons. The quantitative estimate of drug-likeness (QED) is 0.849. The molecule has 0 spiro atoms. The summed E-state index contributed by atoms with van der Waals surface area (Å²) in [5.41, 5.74) is 2.75. The van der Waals surface area contributed by atoms with Crippen LogP contribution in [0.25, 0.3) is 0 Å². The van der Waals surface area contributed by atoms with Gasteiger partial charge in [-0.1, -0.05) is 38.1 Å². The molecule has 2 rings (SSSR count). The Hall–Kier alpha value is -0.900. The van der Waals surface area contributed by atoms with Crippen LogP contribution in [0.1, 0.15) is 25.0 Å². The minimum absolute atomic E-state index is 0.337. The Morgan fingerprint density at radius 3 is 2.63 bits per heavy atom. The number of ether oxygens (including phenoxy) is 1. The largest absolute Gasteiger partial charge is 0.374 e. The molecule has 3 nitrogen and oxygen atoms in total. The molecular weight excluding hydrogens is 236 g/mol. The van der Waals surface area contributed by atoms with Gasteiger partial charge in [-0.2, -0.15) is 0 Å². The van der Waals surface area contributed by atoms with E-state index in [1.54, 1.807) is 0 Å². The number of nitrogens with one attached hydrogen (secondary N) is 1. The van der Waals surface area contributed by atoms with Crippen LogP contribution in [0, 0.1) is 0 Å². The third-order valence-corrected chi connectivity index (χ3v) is 3.80. The van der Waals surface area contributed by atoms with Crippen LogP contribution in [0.5, 0.6) is 0 Å². The SMILES string of the molecule is CCc1ccc(CNCC2CN(CC)CCO2)cc1. The fourth-order valence-corrected chi connectivity index (χ4v) is 2.46. The molecule has 1 heterocycles. The molecule has 3 heteroatoms. The Bertz CT molecular complexity index is 364. The molecule has 0 aliphatic carbocycles. The van der Waals surface area contributed by atoms with Crippen molar-refractivity contribution in [1.82, 2.24) is 10.2 Å². The molecule has 1 aliphatic heterocycles. The highest BCUT2D eigenvalue weighted by atomic mass is 16.5. The van der Waals surface area contributed by atoms with Crippen LogP contribution in [0.4, 0.5) is 0 Å². The van der Waals surface area contributed by atoms with Crippen molar-refractivity contribution in [3.05, 3.63) is 35.4 Å². The molecule has 0 saturated carbocycles. The van der Waals surface area contributed by atoms with Gasteiger partial charge < -0.3 is 10.1 Å². The van der Waals surface area contributed by atoms with Crippen molar-refractivity contribution in [2.75, 3.05) is 32.8 Å².